The predicted molar refractivity (Wildman–Crippen MR) is 103 cm³/mol. The summed E-state index contributed by atoms with van der Waals surface area (Å²) in [7, 11) is 1.69. The normalized spacial score (nSPS) is 12.3. The Morgan fingerprint density at radius 3 is 2.43 bits per heavy atom. The number of benzene rings is 2. The van der Waals surface area contributed by atoms with Crippen LogP contribution in [0, 0.1) is 11.2 Å². The quantitative estimate of drug-likeness (QED) is 0.158. The summed E-state index contributed by atoms with van der Waals surface area (Å²) in [6, 6.07) is 9.36. The minimum atomic E-state index is -4.52. The highest BCUT2D eigenvalue weighted by Crippen LogP contribution is 2.36. The minimum absolute atomic E-state index is 0.0411. The SMILES string of the molecule is CNN(C=N)CCCNc1ccc(NC(c2ccccc2)C(F)(F)F)cc1F. The van der Waals surface area contributed by atoms with Gasteiger partial charge in [-0.15, -0.1) is 0 Å². The Labute approximate surface area is 161 Å². The van der Waals surface area contributed by atoms with Gasteiger partial charge in [0, 0.05) is 25.8 Å². The molecule has 0 radical (unpaired) electrons. The monoisotopic (exact) mass is 397 g/mol. The molecule has 0 aliphatic heterocycles. The summed E-state index contributed by atoms with van der Waals surface area (Å²) in [6.07, 6.45) is -2.74. The lowest BCUT2D eigenvalue weighted by Gasteiger charge is -2.23. The maximum Gasteiger partial charge on any atom is 0.412 e. The molecule has 1 unspecified atom stereocenters. The molecule has 0 saturated carbocycles. The Morgan fingerprint density at radius 1 is 1.14 bits per heavy atom. The summed E-state index contributed by atoms with van der Waals surface area (Å²) in [5.41, 5.74) is 3.10. The third kappa shape index (κ3) is 6.12. The number of rotatable bonds is 10. The average molecular weight is 397 g/mol. The van der Waals surface area contributed by atoms with Gasteiger partial charge in [-0.1, -0.05) is 30.3 Å². The third-order valence-electron chi connectivity index (χ3n) is 4.07. The number of nitrogens with one attached hydrogen (secondary N) is 4. The van der Waals surface area contributed by atoms with Crippen molar-refractivity contribution >= 4 is 17.7 Å². The van der Waals surface area contributed by atoms with Crippen LogP contribution in [0.2, 0.25) is 0 Å². The van der Waals surface area contributed by atoms with Crippen LogP contribution in [0.1, 0.15) is 18.0 Å². The van der Waals surface area contributed by atoms with Crippen LogP contribution >= 0.6 is 0 Å². The van der Waals surface area contributed by atoms with E-state index in [1.807, 2.05) is 0 Å². The first kappa shape index (κ1) is 21.5. The molecule has 28 heavy (non-hydrogen) atoms. The molecule has 0 aliphatic carbocycles. The summed E-state index contributed by atoms with van der Waals surface area (Å²) in [4.78, 5) is 0. The van der Waals surface area contributed by atoms with Gasteiger partial charge in [-0.3, -0.25) is 10.4 Å². The summed E-state index contributed by atoms with van der Waals surface area (Å²) in [5.74, 6) is -0.642. The van der Waals surface area contributed by atoms with Crippen molar-refractivity contribution in [2.75, 3.05) is 30.8 Å². The van der Waals surface area contributed by atoms with Crippen molar-refractivity contribution in [1.29, 1.82) is 5.41 Å². The van der Waals surface area contributed by atoms with Crippen LogP contribution < -0.4 is 16.1 Å². The fourth-order valence-corrected chi connectivity index (χ4v) is 2.63. The van der Waals surface area contributed by atoms with E-state index in [4.69, 9.17) is 5.41 Å². The van der Waals surface area contributed by atoms with Crippen molar-refractivity contribution < 1.29 is 17.6 Å². The fourth-order valence-electron chi connectivity index (χ4n) is 2.63. The molecule has 5 nitrogen and oxygen atoms in total. The molecule has 9 heteroatoms. The van der Waals surface area contributed by atoms with Crippen molar-refractivity contribution in [2.24, 2.45) is 0 Å². The van der Waals surface area contributed by atoms with Crippen LogP contribution in [-0.2, 0) is 0 Å². The van der Waals surface area contributed by atoms with Crippen molar-refractivity contribution in [3.8, 4) is 0 Å². The highest BCUT2D eigenvalue weighted by Gasteiger charge is 2.40. The molecule has 0 heterocycles. The number of anilines is 2. The third-order valence-corrected chi connectivity index (χ3v) is 4.07. The first-order valence-corrected chi connectivity index (χ1v) is 8.71. The van der Waals surface area contributed by atoms with Crippen LogP contribution in [0.25, 0.3) is 0 Å². The average Bonchev–Trinajstić information content (AvgIpc) is 2.67. The molecular weight excluding hydrogens is 374 g/mol. The number of hydrazine groups is 1. The van der Waals surface area contributed by atoms with Crippen molar-refractivity contribution in [3.63, 3.8) is 0 Å². The molecule has 0 amide bonds. The lowest BCUT2D eigenvalue weighted by atomic mass is 10.1. The Morgan fingerprint density at radius 2 is 1.86 bits per heavy atom. The molecule has 1 atom stereocenters. The molecule has 2 rings (SSSR count). The summed E-state index contributed by atoms with van der Waals surface area (Å²) >= 11 is 0. The van der Waals surface area contributed by atoms with Crippen molar-refractivity contribution in [3.05, 3.63) is 59.9 Å². The van der Waals surface area contributed by atoms with Crippen LogP contribution in [0.4, 0.5) is 28.9 Å². The maximum absolute atomic E-state index is 14.3. The predicted octanol–water partition coefficient (Wildman–Crippen LogP) is 4.39. The van der Waals surface area contributed by atoms with Crippen LogP contribution in [-0.4, -0.2) is 37.7 Å². The number of hydrogen-bond acceptors (Lipinski definition) is 4. The highest BCUT2D eigenvalue weighted by atomic mass is 19.4. The number of hydrogen-bond donors (Lipinski definition) is 4. The van der Waals surface area contributed by atoms with Gasteiger partial charge in [0.1, 0.15) is 11.9 Å². The molecule has 0 spiro atoms. The van der Waals surface area contributed by atoms with E-state index in [-0.39, 0.29) is 16.9 Å². The zero-order valence-electron chi connectivity index (χ0n) is 15.4. The Balaban J connectivity index is 2.01. The van der Waals surface area contributed by atoms with E-state index < -0.39 is 18.0 Å². The topological polar surface area (TPSA) is 63.2 Å². The second-order valence-corrected chi connectivity index (χ2v) is 6.05. The van der Waals surface area contributed by atoms with E-state index in [2.05, 4.69) is 16.1 Å². The Bertz CT molecular complexity index is 752. The molecule has 152 valence electrons. The lowest BCUT2D eigenvalue weighted by molar-refractivity contribution is -0.144. The van der Waals surface area contributed by atoms with Gasteiger partial charge >= 0.3 is 6.18 Å². The van der Waals surface area contributed by atoms with Gasteiger partial charge < -0.3 is 10.6 Å². The molecule has 0 fully saturated rings. The van der Waals surface area contributed by atoms with Gasteiger partial charge in [-0.25, -0.2) is 9.82 Å². The maximum atomic E-state index is 14.3. The van der Waals surface area contributed by atoms with E-state index in [1.54, 1.807) is 18.1 Å². The molecule has 2 aromatic carbocycles. The molecule has 0 aromatic heterocycles. The van der Waals surface area contributed by atoms with E-state index in [1.165, 1.54) is 36.4 Å². The van der Waals surface area contributed by atoms with Crippen molar-refractivity contribution in [2.45, 2.75) is 18.6 Å². The van der Waals surface area contributed by atoms with Crippen LogP contribution in [0.5, 0.6) is 0 Å². The second kappa shape index (κ2) is 9.93. The second-order valence-electron chi connectivity index (χ2n) is 6.05. The number of nitrogens with zero attached hydrogens (tertiary/aromatic N) is 1. The lowest BCUT2D eigenvalue weighted by Crippen LogP contribution is -2.34. The summed E-state index contributed by atoms with van der Waals surface area (Å²) in [6.45, 7) is 1.00. The van der Waals surface area contributed by atoms with Gasteiger partial charge in [0.2, 0.25) is 0 Å². The Kier molecular flexibility index (Phi) is 7.62. The largest absolute Gasteiger partial charge is 0.412 e. The summed E-state index contributed by atoms with van der Waals surface area (Å²) < 4.78 is 54.5. The molecule has 4 N–H and O–H groups in total. The molecule has 2 aromatic rings. The van der Waals surface area contributed by atoms with E-state index in [9.17, 15) is 17.6 Å². The smallest absolute Gasteiger partial charge is 0.383 e. The number of halogens is 4. The van der Waals surface area contributed by atoms with E-state index in [0.29, 0.717) is 19.5 Å². The van der Waals surface area contributed by atoms with Gasteiger partial charge in [-0.05, 0) is 30.2 Å². The highest BCUT2D eigenvalue weighted by molar-refractivity contribution is 5.56. The van der Waals surface area contributed by atoms with Crippen molar-refractivity contribution in [1.82, 2.24) is 10.4 Å². The fraction of sp³-hybridized carbons (Fsp3) is 0.316. The van der Waals surface area contributed by atoms with Crippen LogP contribution in [0.15, 0.2) is 48.5 Å². The molecule has 0 bridgehead atoms. The molecule has 0 saturated heterocycles. The number of alkyl halides is 3. The van der Waals surface area contributed by atoms with E-state index in [0.717, 1.165) is 12.4 Å². The van der Waals surface area contributed by atoms with Gasteiger partial charge in [-0.2, -0.15) is 13.2 Å². The first-order valence-electron chi connectivity index (χ1n) is 8.71. The van der Waals surface area contributed by atoms with Gasteiger partial charge in [0.25, 0.3) is 0 Å². The first-order chi connectivity index (χ1) is 13.3. The zero-order chi connectivity index (χ0) is 20.6. The standard InChI is InChI=1S/C19H23F4N5/c1-25-28(13-24)11-5-10-26-17-9-8-15(12-16(17)20)27-18(19(21,22)23)14-6-3-2-4-7-14/h2-4,6-9,12-13,18,24-27H,5,10-11H2,1H3. The zero-order valence-corrected chi connectivity index (χ0v) is 15.4. The Hall–Kier alpha value is -2.81. The molecular formula is C19H23F4N5. The van der Waals surface area contributed by atoms with E-state index >= 15 is 0 Å². The molecule has 0 aliphatic rings. The van der Waals surface area contributed by atoms with Crippen LogP contribution in [0.3, 0.4) is 0 Å². The van der Waals surface area contributed by atoms with Gasteiger partial charge in [0.05, 0.1) is 12.0 Å². The minimum Gasteiger partial charge on any atom is -0.383 e. The summed E-state index contributed by atoms with van der Waals surface area (Å²) in [5, 5.41) is 14.0. The van der Waals surface area contributed by atoms with Gasteiger partial charge in [0.15, 0.2) is 0 Å².